The van der Waals surface area contributed by atoms with Crippen LogP contribution in [0.2, 0.25) is 0 Å². The van der Waals surface area contributed by atoms with E-state index in [1.165, 1.54) is 0 Å². The maximum Gasteiger partial charge on any atom is 0.416 e. The zero-order valence-corrected chi connectivity index (χ0v) is 10.7. The molecule has 0 unspecified atom stereocenters. The number of hydrogen-bond donors (Lipinski definition) is 2. The number of nitrogens with one attached hydrogen (secondary N) is 1. The molecule has 1 rings (SSSR count). The molecule has 1 aromatic carbocycles. The second kappa shape index (κ2) is 6.25. The number of urea groups is 1. The van der Waals surface area contributed by atoms with Gasteiger partial charge in [0.1, 0.15) is 0 Å². The SMILES string of the molecule is C[C@H](OC(=O)c1cccc(C(F)(F)F)c1)C(=O)NC(N)=O. The molecule has 0 heterocycles. The van der Waals surface area contributed by atoms with Crippen LogP contribution in [0.25, 0.3) is 0 Å². The average Bonchev–Trinajstić information content (AvgIpc) is 2.37. The number of amides is 3. The van der Waals surface area contributed by atoms with Crippen LogP contribution in [0.1, 0.15) is 22.8 Å². The molecule has 3 amide bonds. The monoisotopic (exact) mass is 304 g/mol. The summed E-state index contributed by atoms with van der Waals surface area (Å²) in [6.45, 7) is 1.14. The van der Waals surface area contributed by atoms with Crippen LogP contribution in [0, 0.1) is 0 Å². The van der Waals surface area contributed by atoms with E-state index in [2.05, 4.69) is 4.74 Å². The van der Waals surface area contributed by atoms with Gasteiger partial charge in [-0.05, 0) is 25.1 Å². The Morgan fingerprint density at radius 3 is 2.43 bits per heavy atom. The number of ether oxygens (including phenoxy) is 1. The Hall–Kier alpha value is -2.58. The topological polar surface area (TPSA) is 98.5 Å². The minimum Gasteiger partial charge on any atom is -0.449 e. The zero-order chi connectivity index (χ0) is 16.2. The molecule has 0 spiro atoms. The molecule has 0 aromatic heterocycles. The Balaban J connectivity index is 2.81. The number of imide groups is 1. The molecule has 1 aromatic rings. The molecule has 21 heavy (non-hydrogen) atoms. The highest BCUT2D eigenvalue weighted by Crippen LogP contribution is 2.29. The first kappa shape index (κ1) is 16.5. The Morgan fingerprint density at radius 1 is 1.29 bits per heavy atom. The lowest BCUT2D eigenvalue weighted by Crippen LogP contribution is -2.42. The van der Waals surface area contributed by atoms with Crippen molar-refractivity contribution in [2.24, 2.45) is 5.73 Å². The minimum atomic E-state index is -4.61. The number of nitrogens with two attached hydrogens (primary N) is 1. The summed E-state index contributed by atoms with van der Waals surface area (Å²) in [5, 5.41) is 1.68. The number of primary amides is 1. The van der Waals surface area contributed by atoms with Gasteiger partial charge in [-0.15, -0.1) is 0 Å². The highest BCUT2D eigenvalue weighted by Gasteiger charge is 2.31. The van der Waals surface area contributed by atoms with Crippen molar-refractivity contribution in [1.82, 2.24) is 5.32 Å². The Kier molecular flexibility index (Phi) is 4.90. The average molecular weight is 304 g/mol. The van der Waals surface area contributed by atoms with Crippen LogP contribution in [0.4, 0.5) is 18.0 Å². The fourth-order valence-electron chi connectivity index (χ4n) is 1.33. The molecule has 0 aliphatic carbocycles. The standard InChI is InChI=1S/C12H11F3N2O4/c1-6(9(18)17-11(16)20)21-10(19)7-3-2-4-8(5-7)12(13,14)15/h2-6H,1H3,(H3,16,17,18,20)/t6-/m0/s1. The number of benzene rings is 1. The highest BCUT2D eigenvalue weighted by molar-refractivity contribution is 5.98. The molecule has 0 bridgehead atoms. The fourth-order valence-corrected chi connectivity index (χ4v) is 1.33. The van der Waals surface area contributed by atoms with E-state index < -0.39 is 35.8 Å². The number of rotatable bonds is 3. The number of esters is 1. The molecule has 6 nitrogen and oxygen atoms in total. The summed E-state index contributed by atoms with van der Waals surface area (Å²) < 4.78 is 42.1. The van der Waals surface area contributed by atoms with E-state index in [0.717, 1.165) is 25.1 Å². The molecule has 0 fully saturated rings. The highest BCUT2D eigenvalue weighted by atomic mass is 19.4. The Labute approximate surface area is 117 Å². The summed E-state index contributed by atoms with van der Waals surface area (Å²) in [5.41, 5.74) is 3.31. The number of hydrogen-bond acceptors (Lipinski definition) is 4. The van der Waals surface area contributed by atoms with E-state index in [9.17, 15) is 27.6 Å². The molecule has 3 N–H and O–H groups in total. The predicted octanol–water partition coefficient (Wildman–Crippen LogP) is 1.45. The van der Waals surface area contributed by atoms with Gasteiger partial charge in [-0.25, -0.2) is 9.59 Å². The fraction of sp³-hybridized carbons (Fsp3) is 0.250. The van der Waals surface area contributed by atoms with E-state index in [1.807, 2.05) is 0 Å². The third kappa shape index (κ3) is 4.79. The van der Waals surface area contributed by atoms with Gasteiger partial charge in [0.05, 0.1) is 11.1 Å². The van der Waals surface area contributed by atoms with E-state index in [-0.39, 0.29) is 5.56 Å². The second-order valence-corrected chi connectivity index (χ2v) is 3.98. The first-order valence-corrected chi connectivity index (χ1v) is 5.60. The van der Waals surface area contributed by atoms with Gasteiger partial charge < -0.3 is 10.5 Å². The maximum absolute atomic E-state index is 12.5. The first-order valence-electron chi connectivity index (χ1n) is 5.60. The third-order valence-electron chi connectivity index (χ3n) is 2.33. The van der Waals surface area contributed by atoms with Crippen molar-refractivity contribution < 1.29 is 32.3 Å². The van der Waals surface area contributed by atoms with Crippen molar-refractivity contribution in [2.75, 3.05) is 0 Å². The van der Waals surface area contributed by atoms with Crippen LogP contribution < -0.4 is 11.1 Å². The van der Waals surface area contributed by atoms with Crippen molar-refractivity contribution in [3.8, 4) is 0 Å². The van der Waals surface area contributed by atoms with Crippen molar-refractivity contribution in [2.45, 2.75) is 19.2 Å². The molecule has 114 valence electrons. The van der Waals surface area contributed by atoms with Gasteiger partial charge in [-0.3, -0.25) is 10.1 Å². The molecule has 0 aliphatic rings. The van der Waals surface area contributed by atoms with Gasteiger partial charge in [0.2, 0.25) is 0 Å². The Morgan fingerprint density at radius 2 is 1.90 bits per heavy atom. The quantitative estimate of drug-likeness (QED) is 0.826. The lowest BCUT2D eigenvalue weighted by atomic mass is 10.1. The molecular weight excluding hydrogens is 293 g/mol. The second-order valence-electron chi connectivity index (χ2n) is 3.98. The van der Waals surface area contributed by atoms with Crippen molar-refractivity contribution in [1.29, 1.82) is 0 Å². The van der Waals surface area contributed by atoms with Gasteiger partial charge in [-0.1, -0.05) is 6.07 Å². The number of carbonyl (C=O) groups excluding carboxylic acids is 3. The number of alkyl halides is 3. The number of carbonyl (C=O) groups is 3. The van der Waals surface area contributed by atoms with Crippen LogP contribution in [-0.2, 0) is 15.7 Å². The largest absolute Gasteiger partial charge is 0.449 e. The summed E-state index contributed by atoms with van der Waals surface area (Å²) in [6, 6.07) is 2.40. The smallest absolute Gasteiger partial charge is 0.416 e. The van der Waals surface area contributed by atoms with Gasteiger partial charge in [0, 0.05) is 0 Å². The van der Waals surface area contributed by atoms with E-state index >= 15 is 0 Å². The van der Waals surface area contributed by atoms with Crippen LogP contribution in [0.5, 0.6) is 0 Å². The lowest BCUT2D eigenvalue weighted by molar-refractivity contribution is -0.137. The molecule has 1 atom stereocenters. The molecule has 9 heteroatoms. The van der Waals surface area contributed by atoms with Crippen molar-refractivity contribution in [3.63, 3.8) is 0 Å². The van der Waals surface area contributed by atoms with Gasteiger partial charge in [-0.2, -0.15) is 13.2 Å². The summed E-state index contributed by atoms with van der Waals surface area (Å²) in [4.78, 5) is 33.4. The van der Waals surface area contributed by atoms with E-state index in [0.29, 0.717) is 6.07 Å². The van der Waals surface area contributed by atoms with Crippen molar-refractivity contribution >= 4 is 17.9 Å². The summed E-state index contributed by atoms with van der Waals surface area (Å²) in [7, 11) is 0. The molecule has 0 aliphatic heterocycles. The molecule has 0 saturated carbocycles. The van der Waals surface area contributed by atoms with Gasteiger partial charge in [0.15, 0.2) is 6.10 Å². The minimum absolute atomic E-state index is 0.372. The van der Waals surface area contributed by atoms with Crippen LogP contribution in [0.3, 0.4) is 0 Å². The van der Waals surface area contributed by atoms with E-state index in [4.69, 9.17) is 5.73 Å². The van der Waals surface area contributed by atoms with Crippen LogP contribution >= 0.6 is 0 Å². The number of halogens is 3. The zero-order valence-electron chi connectivity index (χ0n) is 10.7. The predicted molar refractivity (Wildman–Crippen MR) is 64.0 cm³/mol. The maximum atomic E-state index is 12.5. The van der Waals surface area contributed by atoms with E-state index in [1.54, 1.807) is 5.32 Å². The normalized spacial score (nSPS) is 12.4. The molecule has 0 saturated heterocycles. The first-order chi connectivity index (χ1) is 9.61. The van der Waals surface area contributed by atoms with Crippen LogP contribution in [-0.4, -0.2) is 24.0 Å². The molecule has 0 radical (unpaired) electrons. The van der Waals surface area contributed by atoms with Crippen LogP contribution in [0.15, 0.2) is 24.3 Å². The van der Waals surface area contributed by atoms with Crippen molar-refractivity contribution in [3.05, 3.63) is 35.4 Å². The summed E-state index contributed by atoms with van der Waals surface area (Å²) in [6.07, 6.45) is -6.00. The van der Waals surface area contributed by atoms with Gasteiger partial charge in [0.25, 0.3) is 5.91 Å². The van der Waals surface area contributed by atoms with Gasteiger partial charge >= 0.3 is 18.2 Å². The summed E-state index contributed by atoms with van der Waals surface area (Å²) in [5.74, 6) is -2.11. The lowest BCUT2D eigenvalue weighted by Gasteiger charge is -2.13. The molecular formula is C12H11F3N2O4. The Bertz CT molecular complexity index is 572. The summed E-state index contributed by atoms with van der Waals surface area (Å²) >= 11 is 0. The third-order valence-corrected chi connectivity index (χ3v) is 2.33.